The van der Waals surface area contributed by atoms with Gasteiger partial charge in [0.2, 0.25) is 5.79 Å². The summed E-state index contributed by atoms with van der Waals surface area (Å²) in [7, 11) is 0. The number of carbonyl (C=O) groups is 1. The van der Waals surface area contributed by atoms with Crippen LogP contribution in [0, 0.1) is 6.92 Å². The van der Waals surface area contributed by atoms with Crippen molar-refractivity contribution in [3.8, 4) is 0 Å². The van der Waals surface area contributed by atoms with Gasteiger partial charge >= 0.3 is 5.97 Å². The van der Waals surface area contributed by atoms with E-state index in [2.05, 4.69) is 0 Å². The van der Waals surface area contributed by atoms with Gasteiger partial charge in [-0.15, -0.1) is 0 Å². The Kier molecular flexibility index (Phi) is 2.91. The molecule has 1 N–H and O–H groups in total. The molecule has 0 bridgehead atoms. The van der Waals surface area contributed by atoms with Crippen LogP contribution in [-0.4, -0.2) is 16.9 Å². The van der Waals surface area contributed by atoms with E-state index in [0.717, 1.165) is 5.56 Å². The van der Waals surface area contributed by atoms with Crippen LogP contribution in [0.15, 0.2) is 24.3 Å². The van der Waals surface area contributed by atoms with Gasteiger partial charge in [-0.3, -0.25) is 0 Å². The fraction of sp³-hybridized carbons (Fsp3) is 0.364. The predicted molar refractivity (Wildman–Crippen MR) is 52.9 cm³/mol. The van der Waals surface area contributed by atoms with Gasteiger partial charge in [0.1, 0.15) is 0 Å². The highest BCUT2D eigenvalue weighted by Crippen LogP contribution is 2.10. The summed E-state index contributed by atoms with van der Waals surface area (Å²) in [6.07, 6.45) is 0. The van der Waals surface area contributed by atoms with Crippen LogP contribution in [-0.2, 0) is 4.74 Å². The summed E-state index contributed by atoms with van der Waals surface area (Å²) in [6.45, 7) is 4.72. The number of esters is 1. The first kappa shape index (κ1) is 10.7. The Labute approximate surface area is 83.3 Å². The molecule has 0 atom stereocenters. The van der Waals surface area contributed by atoms with Gasteiger partial charge in [0.15, 0.2) is 0 Å². The zero-order valence-corrected chi connectivity index (χ0v) is 8.57. The maximum absolute atomic E-state index is 11.4. The minimum atomic E-state index is -1.43. The molecule has 0 heterocycles. The highest BCUT2D eigenvalue weighted by molar-refractivity contribution is 5.89. The van der Waals surface area contributed by atoms with Gasteiger partial charge in [0.25, 0.3) is 0 Å². The molecule has 0 saturated heterocycles. The van der Waals surface area contributed by atoms with Crippen molar-refractivity contribution < 1.29 is 14.6 Å². The first-order valence-corrected chi connectivity index (χ1v) is 4.41. The van der Waals surface area contributed by atoms with Crippen LogP contribution in [0.5, 0.6) is 0 Å². The minimum Gasteiger partial charge on any atom is -0.430 e. The van der Waals surface area contributed by atoms with E-state index >= 15 is 0 Å². The second-order valence-corrected chi connectivity index (χ2v) is 3.71. The molecule has 3 nitrogen and oxygen atoms in total. The molecule has 1 aromatic rings. The first-order valence-electron chi connectivity index (χ1n) is 4.41. The van der Waals surface area contributed by atoms with E-state index in [1.54, 1.807) is 18.2 Å². The van der Waals surface area contributed by atoms with Crippen molar-refractivity contribution in [1.29, 1.82) is 0 Å². The molecule has 1 rings (SSSR count). The van der Waals surface area contributed by atoms with Crippen molar-refractivity contribution in [3.63, 3.8) is 0 Å². The van der Waals surface area contributed by atoms with E-state index in [1.165, 1.54) is 13.8 Å². The Morgan fingerprint density at radius 1 is 1.43 bits per heavy atom. The van der Waals surface area contributed by atoms with Gasteiger partial charge in [-0.05, 0) is 19.1 Å². The van der Waals surface area contributed by atoms with Crippen molar-refractivity contribution >= 4 is 5.97 Å². The number of rotatable bonds is 2. The first-order chi connectivity index (χ1) is 6.38. The van der Waals surface area contributed by atoms with Crippen LogP contribution >= 0.6 is 0 Å². The molecular weight excluding hydrogens is 180 g/mol. The third kappa shape index (κ3) is 3.18. The quantitative estimate of drug-likeness (QED) is 0.577. The monoisotopic (exact) mass is 194 g/mol. The average Bonchev–Trinajstić information content (AvgIpc) is 2.01. The number of carbonyl (C=O) groups excluding carboxylic acids is 1. The average molecular weight is 194 g/mol. The number of ether oxygens (including phenoxy) is 1. The molecule has 1 aromatic carbocycles. The van der Waals surface area contributed by atoms with E-state index in [0.29, 0.717) is 5.56 Å². The lowest BCUT2D eigenvalue weighted by atomic mass is 10.1. The topological polar surface area (TPSA) is 46.5 Å². The number of hydrogen-bond donors (Lipinski definition) is 1. The lowest BCUT2D eigenvalue weighted by Gasteiger charge is -2.17. The number of aliphatic hydroxyl groups is 1. The zero-order chi connectivity index (χ0) is 10.8. The Balaban J connectivity index is 2.80. The largest absolute Gasteiger partial charge is 0.430 e. The third-order valence-corrected chi connectivity index (χ3v) is 1.60. The third-order valence-electron chi connectivity index (χ3n) is 1.60. The summed E-state index contributed by atoms with van der Waals surface area (Å²) in [5.41, 5.74) is 1.43. The molecule has 14 heavy (non-hydrogen) atoms. The molecular formula is C11H14O3. The van der Waals surface area contributed by atoms with Crippen molar-refractivity contribution in [2.24, 2.45) is 0 Å². The van der Waals surface area contributed by atoms with Gasteiger partial charge < -0.3 is 9.84 Å². The Bertz CT molecular complexity index is 337. The van der Waals surface area contributed by atoms with E-state index in [9.17, 15) is 9.90 Å². The molecule has 0 spiro atoms. The molecule has 0 fully saturated rings. The summed E-state index contributed by atoms with van der Waals surface area (Å²) >= 11 is 0. The zero-order valence-electron chi connectivity index (χ0n) is 8.57. The molecule has 0 aliphatic rings. The predicted octanol–water partition coefficient (Wildman–Crippen LogP) is 1.88. The number of aryl methyl sites for hydroxylation is 1. The number of benzene rings is 1. The summed E-state index contributed by atoms with van der Waals surface area (Å²) in [5, 5.41) is 9.28. The van der Waals surface area contributed by atoms with Crippen LogP contribution in [0.3, 0.4) is 0 Å². The summed E-state index contributed by atoms with van der Waals surface area (Å²) in [5.74, 6) is -1.94. The van der Waals surface area contributed by atoms with E-state index in [4.69, 9.17) is 4.74 Å². The van der Waals surface area contributed by atoms with Crippen LogP contribution < -0.4 is 0 Å². The van der Waals surface area contributed by atoms with Crippen molar-refractivity contribution in [1.82, 2.24) is 0 Å². The Hall–Kier alpha value is -1.35. The highest BCUT2D eigenvalue weighted by atomic mass is 16.7. The molecule has 3 heteroatoms. The van der Waals surface area contributed by atoms with Crippen LogP contribution in [0.4, 0.5) is 0 Å². The maximum atomic E-state index is 11.4. The highest BCUT2D eigenvalue weighted by Gasteiger charge is 2.19. The van der Waals surface area contributed by atoms with Gasteiger partial charge in [-0.1, -0.05) is 17.7 Å². The fourth-order valence-electron chi connectivity index (χ4n) is 1.06. The minimum absolute atomic E-state index is 0.451. The lowest BCUT2D eigenvalue weighted by Crippen LogP contribution is -2.27. The summed E-state index contributed by atoms with van der Waals surface area (Å²) in [6, 6.07) is 7.03. The molecule has 0 aliphatic carbocycles. The van der Waals surface area contributed by atoms with Gasteiger partial charge in [0, 0.05) is 13.8 Å². The van der Waals surface area contributed by atoms with E-state index in [-0.39, 0.29) is 0 Å². The lowest BCUT2D eigenvalue weighted by molar-refractivity contribution is -0.136. The van der Waals surface area contributed by atoms with Gasteiger partial charge in [-0.25, -0.2) is 4.79 Å². The smallest absolute Gasteiger partial charge is 0.340 e. The molecule has 0 radical (unpaired) electrons. The molecule has 0 aromatic heterocycles. The summed E-state index contributed by atoms with van der Waals surface area (Å²) < 4.78 is 4.80. The molecule has 0 saturated carbocycles. The molecule has 0 unspecified atom stereocenters. The maximum Gasteiger partial charge on any atom is 0.340 e. The van der Waals surface area contributed by atoms with Crippen LogP contribution in [0.1, 0.15) is 29.8 Å². The van der Waals surface area contributed by atoms with E-state index < -0.39 is 11.8 Å². The summed E-state index contributed by atoms with van der Waals surface area (Å²) in [4.78, 5) is 11.4. The number of hydrogen-bond acceptors (Lipinski definition) is 3. The second-order valence-electron chi connectivity index (χ2n) is 3.71. The Morgan fingerprint density at radius 2 is 2.07 bits per heavy atom. The normalized spacial score (nSPS) is 11.1. The van der Waals surface area contributed by atoms with Gasteiger partial charge in [0.05, 0.1) is 5.56 Å². The second kappa shape index (κ2) is 3.80. The van der Waals surface area contributed by atoms with Crippen molar-refractivity contribution in [2.45, 2.75) is 26.6 Å². The van der Waals surface area contributed by atoms with Crippen molar-refractivity contribution in [2.75, 3.05) is 0 Å². The molecule has 0 amide bonds. The Morgan fingerprint density at radius 3 is 2.57 bits per heavy atom. The fourth-order valence-corrected chi connectivity index (χ4v) is 1.06. The molecule has 0 aliphatic heterocycles. The van der Waals surface area contributed by atoms with Crippen LogP contribution in [0.2, 0.25) is 0 Å². The van der Waals surface area contributed by atoms with Gasteiger partial charge in [-0.2, -0.15) is 0 Å². The molecule has 76 valence electrons. The van der Waals surface area contributed by atoms with Crippen LogP contribution in [0.25, 0.3) is 0 Å². The van der Waals surface area contributed by atoms with E-state index in [1.807, 2.05) is 13.0 Å². The standard InChI is InChI=1S/C11H14O3/c1-8-5-4-6-9(7-8)10(12)14-11(2,3)13/h4-7,13H,1-3H3. The van der Waals surface area contributed by atoms with Crippen molar-refractivity contribution in [3.05, 3.63) is 35.4 Å². The SMILES string of the molecule is Cc1cccc(C(=O)OC(C)(C)O)c1.